The van der Waals surface area contributed by atoms with Crippen LogP contribution in [0.25, 0.3) is 22.8 Å². The van der Waals surface area contributed by atoms with Gasteiger partial charge < -0.3 is 19.2 Å². The summed E-state index contributed by atoms with van der Waals surface area (Å²) in [5.74, 6) is 4.05. The second-order valence-electron chi connectivity index (χ2n) is 10.6. The Morgan fingerprint density at radius 3 is 2.66 bits per heavy atom. The van der Waals surface area contributed by atoms with E-state index in [-0.39, 0.29) is 5.78 Å². The molecule has 0 radical (unpaired) electrons. The minimum atomic E-state index is -0.402. The molecule has 5 aromatic rings. The Labute approximate surface area is 259 Å². The van der Waals surface area contributed by atoms with Gasteiger partial charge in [0.2, 0.25) is 17.0 Å². The van der Waals surface area contributed by atoms with Gasteiger partial charge in [0.1, 0.15) is 6.04 Å². The van der Waals surface area contributed by atoms with E-state index in [0.29, 0.717) is 47.3 Å². The van der Waals surface area contributed by atoms with Crippen molar-refractivity contribution in [3.63, 3.8) is 0 Å². The van der Waals surface area contributed by atoms with Crippen molar-refractivity contribution in [3.8, 4) is 34.3 Å². The maximum Gasteiger partial charge on any atom is 0.227 e. The van der Waals surface area contributed by atoms with Crippen LogP contribution in [0.5, 0.6) is 11.5 Å². The first-order valence-electron chi connectivity index (χ1n) is 14.6. The summed E-state index contributed by atoms with van der Waals surface area (Å²) in [5.41, 5.74) is 5.59. The van der Waals surface area contributed by atoms with Crippen LogP contribution in [0.3, 0.4) is 0 Å². The molecule has 1 N–H and O–H groups in total. The number of methoxy groups -OCH3 is 1. The van der Waals surface area contributed by atoms with Crippen LogP contribution in [-0.4, -0.2) is 39.2 Å². The molecule has 222 valence electrons. The summed E-state index contributed by atoms with van der Waals surface area (Å²) in [5, 5.41) is 8.92. The van der Waals surface area contributed by atoms with Gasteiger partial charge in [-0.15, -0.1) is 5.10 Å². The van der Waals surface area contributed by atoms with E-state index in [1.807, 2.05) is 72.3 Å². The fraction of sp³-hybridized carbons (Fsp3) is 0.235. The Balaban J connectivity index is 1.11. The van der Waals surface area contributed by atoms with E-state index in [1.165, 1.54) is 0 Å². The summed E-state index contributed by atoms with van der Waals surface area (Å²) in [6.45, 7) is 2.47. The number of benzene rings is 3. The summed E-state index contributed by atoms with van der Waals surface area (Å²) in [4.78, 5) is 22.5. The first-order valence-corrected chi connectivity index (χ1v) is 15.6. The average molecular weight is 606 g/mol. The lowest BCUT2D eigenvalue weighted by Crippen LogP contribution is -2.31. The Bertz CT molecular complexity index is 1850. The number of allylic oxidation sites excluding steroid dienone is 2. The monoisotopic (exact) mass is 605 g/mol. The molecule has 1 atom stereocenters. The van der Waals surface area contributed by atoms with Crippen molar-refractivity contribution in [1.29, 1.82) is 0 Å². The molecule has 1 aliphatic carbocycles. The summed E-state index contributed by atoms with van der Waals surface area (Å²) in [6, 6.07) is 23.5. The zero-order valence-corrected chi connectivity index (χ0v) is 25.3. The minimum absolute atomic E-state index is 0.133. The smallest absolute Gasteiger partial charge is 0.227 e. The van der Waals surface area contributed by atoms with Gasteiger partial charge in [-0.1, -0.05) is 60.3 Å². The maximum atomic E-state index is 13.2. The number of aromatic nitrogens is 4. The molecule has 0 saturated carbocycles. The van der Waals surface area contributed by atoms with Crippen molar-refractivity contribution < 1.29 is 18.7 Å². The number of carbonyl (C=O) groups excluding carboxylic acids is 1. The zero-order chi connectivity index (χ0) is 30.0. The molecule has 2 aliphatic rings. The third kappa shape index (κ3) is 5.37. The first-order chi connectivity index (χ1) is 21.6. The highest BCUT2D eigenvalue weighted by atomic mass is 32.2. The van der Waals surface area contributed by atoms with E-state index in [2.05, 4.69) is 22.4 Å². The number of rotatable bonds is 9. The number of thioether (sulfide) groups is 1. The lowest BCUT2D eigenvalue weighted by Gasteiger charge is -2.32. The molecule has 2 aromatic heterocycles. The van der Waals surface area contributed by atoms with Crippen LogP contribution in [0.1, 0.15) is 43.4 Å². The van der Waals surface area contributed by atoms with Gasteiger partial charge in [0, 0.05) is 34.6 Å². The van der Waals surface area contributed by atoms with Crippen molar-refractivity contribution in [1.82, 2.24) is 19.7 Å². The van der Waals surface area contributed by atoms with Crippen LogP contribution in [0, 0.1) is 0 Å². The van der Waals surface area contributed by atoms with Crippen molar-refractivity contribution in [2.45, 2.75) is 43.1 Å². The molecule has 3 aromatic carbocycles. The summed E-state index contributed by atoms with van der Waals surface area (Å²) in [7, 11) is 1.62. The largest absolute Gasteiger partial charge is 0.493 e. The first kappa shape index (κ1) is 28.0. The van der Waals surface area contributed by atoms with Crippen molar-refractivity contribution >= 4 is 23.5 Å². The van der Waals surface area contributed by atoms with Gasteiger partial charge in [0.25, 0.3) is 0 Å². The topological polar surface area (TPSA) is 104 Å². The van der Waals surface area contributed by atoms with Crippen molar-refractivity contribution in [2.24, 2.45) is 0 Å². The molecule has 9 nitrogen and oxygen atoms in total. The number of oxazole rings is 1. The predicted molar refractivity (Wildman–Crippen MR) is 169 cm³/mol. The number of nitrogens with zero attached hydrogens (tertiary/aromatic N) is 4. The quantitative estimate of drug-likeness (QED) is 0.173. The van der Waals surface area contributed by atoms with E-state index in [1.54, 1.807) is 25.1 Å². The molecule has 7 rings (SSSR count). The number of hydrogen-bond acceptors (Lipinski definition) is 9. The Morgan fingerprint density at radius 1 is 1.02 bits per heavy atom. The number of ether oxygens (including phenoxy) is 2. The van der Waals surface area contributed by atoms with E-state index < -0.39 is 6.04 Å². The van der Waals surface area contributed by atoms with Gasteiger partial charge in [0.15, 0.2) is 23.0 Å². The fourth-order valence-corrected chi connectivity index (χ4v) is 6.45. The number of anilines is 1. The molecule has 0 fully saturated rings. The van der Waals surface area contributed by atoms with Gasteiger partial charge in [-0.2, -0.15) is 4.98 Å². The number of hydrogen-bond donors (Lipinski definition) is 1. The number of carbonyl (C=O) groups is 1. The normalized spacial score (nSPS) is 15.9. The van der Waals surface area contributed by atoms with Crippen LogP contribution in [0.2, 0.25) is 0 Å². The Hall–Kier alpha value is -4.83. The molecule has 0 saturated heterocycles. The van der Waals surface area contributed by atoms with Gasteiger partial charge in [0.05, 0.1) is 19.9 Å². The molecular formula is C34H31N5O4S. The standard InChI is InChI=1S/C34H31N5O4S/c1-3-42-27-17-16-24(18-28(27)41-2)31-30-25(10-7-11-26(30)40)36-33-37-34(38-39(31)33)44-20-21-12-14-23(15-13-21)32-35-19-29(43-32)22-8-5-4-6-9-22/h4-6,8-9,12-19,31H,3,7,10-11,20H2,1-2H3,(H,36,37,38). The fourth-order valence-electron chi connectivity index (χ4n) is 5.67. The summed E-state index contributed by atoms with van der Waals surface area (Å²) >= 11 is 1.55. The van der Waals surface area contributed by atoms with Crippen LogP contribution in [-0.2, 0) is 10.5 Å². The van der Waals surface area contributed by atoms with E-state index in [9.17, 15) is 4.79 Å². The number of nitrogens with one attached hydrogen (secondary N) is 1. The highest BCUT2D eigenvalue weighted by molar-refractivity contribution is 7.98. The lowest BCUT2D eigenvalue weighted by atomic mass is 9.85. The molecule has 10 heteroatoms. The second kappa shape index (κ2) is 12.0. The number of ketones is 1. The maximum absolute atomic E-state index is 13.2. The average Bonchev–Trinajstić information content (AvgIpc) is 3.72. The van der Waals surface area contributed by atoms with Gasteiger partial charge in [-0.05, 0) is 55.2 Å². The summed E-state index contributed by atoms with van der Waals surface area (Å²) in [6.07, 6.45) is 3.89. The predicted octanol–water partition coefficient (Wildman–Crippen LogP) is 7.32. The number of fused-ring (bicyclic) bond motifs is 1. The van der Waals surface area contributed by atoms with Crippen LogP contribution in [0.15, 0.2) is 99.8 Å². The molecule has 44 heavy (non-hydrogen) atoms. The van der Waals surface area contributed by atoms with Gasteiger partial charge in [-0.3, -0.25) is 4.79 Å². The third-order valence-electron chi connectivity index (χ3n) is 7.78. The summed E-state index contributed by atoms with van der Waals surface area (Å²) < 4.78 is 19.2. The van der Waals surface area contributed by atoms with Gasteiger partial charge in [-0.25, -0.2) is 9.67 Å². The molecule has 0 bridgehead atoms. The SMILES string of the molecule is CCOc1ccc(C2C3=C(CCCC3=O)Nc3nc(SCc4ccc(-c5ncc(-c6ccccc6)o5)cc4)nn32)cc1OC. The Kier molecular flexibility index (Phi) is 7.66. The highest BCUT2D eigenvalue weighted by Gasteiger charge is 2.37. The molecular weight excluding hydrogens is 574 g/mol. The second-order valence-corrected chi connectivity index (χ2v) is 11.5. The molecule has 1 aliphatic heterocycles. The van der Waals surface area contributed by atoms with Crippen molar-refractivity contribution in [3.05, 3.63) is 101 Å². The minimum Gasteiger partial charge on any atom is -0.493 e. The lowest BCUT2D eigenvalue weighted by molar-refractivity contribution is -0.116. The van der Waals surface area contributed by atoms with Crippen LogP contribution in [0.4, 0.5) is 5.95 Å². The highest BCUT2D eigenvalue weighted by Crippen LogP contribution is 2.42. The van der Waals surface area contributed by atoms with Gasteiger partial charge >= 0.3 is 0 Å². The third-order valence-corrected chi connectivity index (χ3v) is 8.69. The Morgan fingerprint density at radius 2 is 1.86 bits per heavy atom. The number of Topliss-reactive ketones (excluding diaryl/α,β-unsaturated/α-hetero) is 1. The van der Waals surface area contributed by atoms with Crippen molar-refractivity contribution in [2.75, 3.05) is 19.0 Å². The molecule has 1 unspecified atom stereocenters. The van der Waals surface area contributed by atoms with E-state index >= 15 is 0 Å². The molecule has 3 heterocycles. The zero-order valence-electron chi connectivity index (χ0n) is 24.4. The van der Waals surface area contributed by atoms with Crippen LogP contribution >= 0.6 is 11.8 Å². The molecule has 0 amide bonds. The molecule has 0 spiro atoms. The van der Waals surface area contributed by atoms with E-state index in [4.69, 9.17) is 24.0 Å². The van der Waals surface area contributed by atoms with Crippen LogP contribution < -0.4 is 14.8 Å². The van der Waals surface area contributed by atoms with E-state index in [0.717, 1.165) is 52.1 Å².